The van der Waals surface area contributed by atoms with Crippen LogP contribution in [-0.4, -0.2) is 8.42 Å². The van der Waals surface area contributed by atoms with Crippen molar-refractivity contribution in [3.05, 3.63) is 95.5 Å². The lowest BCUT2D eigenvalue weighted by Gasteiger charge is -2.13. The van der Waals surface area contributed by atoms with Crippen molar-refractivity contribution in [2.24, 2.45) is 0 Å². The summed E-state index contributed by atoms with van der Waals surface area (Å²) in [5.74, 6) is 1.74. The topological polar surface area (TPSA) is 105 Å². The van der Waals surface area contributed by atoms with Gasteiger partial charge in [0.05, 0.1) is 16.3 Å². The molecule has 0 atom stereocenters. The molecule has 0 aliphatic rings. The van der Waals surface area contributed by atoms with Crippen molar-refractivity contribution in [3.63, 3.8) is 0 Å². The molecule has 0 heterocycles. The summed E-state index contributed by atoms with van der Waals surface area (Å²) in [6.07, 6.45) is 0. The Balaban J connectivity index is 1.59. The Hall–Kier alpha value is -3.49. The van der Waals surface area contributed by atoms with E-state index in [0.717, 1.165) is 4.47 Å². The average Bonchev–Trinajstić information content (AvgIpc) is 2.78. The van der Waals surface area contributed by atoms with Crippen LogP contribution in [0.25, 0.3) is 0 Å². The summed E-state index contributed by atoms with van der Waals surface area (Å²) in [5, 5.41) is 0. The Kier molecular flexibility index (Phi) is 6.07. The van der Waals surface area contributed by atoms with E-state index in [1.54, 1.807) is 60.7 Å². The van der Waals surface area contributed by atoms with Crippen LogP contribution in [0.1, 0.15) is 0 Å². The van der Waals surface area contributed by atoms with E-state index in [2.05, 4.69) is 15.9 Å². The van der Waals surface area contributed by atoms with Crippen LogP contribution in [0.3, 0.4) is 0 Å². The fourth-order valence-electron chi connectivity index (χ4n) is 2.95. The van der Waals surface area contributed by atoms with Crippen molar-refractivity contribution in [1.82, 2.24) is 0 Å². The quantitative estimate of drug-likeness (QED) is 0.306. The van der Waals surface area contributed by atoms with Gasteiger partial charge >= 0.3 is 0 Å². The minimum Gasteiger partial charge on any atom is -0.457 e. The highest BCUT2D eigenvalue weighted by Crippen LogP contribution is 2.34. The first-order valence-electron chi connectivity index (χ1n) is 9.53. The van der Waals surface area contributed by atoms with Gasteiger partial charge in [-0.3, -0.25) is 0 Å². The molecule has 32 heavy (non-hydrogen) atoms. The van der Waals surface area contributed by atoms with Gasteiger partial charge in [0, 0.05) is 10.5 Å². The summed E-state index contributed by atoms with van der Waals surface area (Å²) in [5.41, 5.74) is 12.4. The first-order valence-corrected chi connectivity index (χ1v) is 11.8. The Labute approximate surface area is 194 Å². The first kappa shape index (κ1) is 21.7. The van der Waals surface area contributed by atoms with Crippen LogP contribution in [0.15, 0.2) is 105 Å². The number of benzene rings is 4. The highest BCUT2D eigenvalue weighted by molar-refractivity contribution is 9.10. The highest BCUT2D eigenvalue weighted by atomic mass is 79.9. The standard InChI is InChI=1S/C24H19BrN2O4S/c25-16-5-7-18(8-6-16)31-23-3-1-2-4-24(23)32(28,29)20-12-9-17(10-13-20)30-19-11-14-21(26)22(27)15-19/h1-15H,26-27H2. The van der Waals surface area contributed by atoms with Gasteiger partial charge in [-0.2, -0.15) is 0 Å². The lowest BCUT2D eigenvalue weighted by molar-refractivity contribution is 0.467. The normalized spacial score (nSPS) is 11.2. The molecule has 162 valence electrons. The van der Waals surface area contributed by atoms with Crippen molar-refractivity contribution in [1.29, 1.82) is 0 Å². The third kappa shape index (κ3) is 4.71. The monoisotopic (exact) mass is 510 g/mol. The SMILES string of the molecule is Nc1ccc(Oc2ccc(S(=O)(=O)c3ccccc3Oc3ccc(Br)cc3)cc2)cc1N. The summed E-state index contributed by atoms with van der Waals surface area (Å²) in [7, 11) is -3.83. The molecule has 0 bridgehead atoms. The first-order chi connectivity index (χ1) is 15.3. The molecule has 6 nitrogen and oxygen atoms in total. The van der Waals surface area contributed by atoms with Gasteiger partial charge in [0.2, 0.25) is 9.84 Å². The largest absolute Gasteiger partial charge is 0.457 e. The van der Waals surface area contributed by atoms with Gasteiger partial charge in [-0.1, -0.05) is 28.1 Å². The van der Waals surface area contributed by atoms with E-state index in [1.807, 2.05) is 12.1 Å². The summed E-state index contributed by atoms with van der Waals surface area (Å²) in [6.45, 7) is 0. The van der Waals surface area contributed by atoms with Crippen LogP contribution in [0.4, 0.5) is 11.4 Å². The van der Waals surface area contributed by atoms with E-state index in [-0.39, 0.29) is 15.5 Å². The highest BCUT2D eigenvalue weighted by Gasteiger charge is 2.22. The van der Waals surface area contributed by atoms with Crippen molar-refractivity contribution < 1.29 is 17.9 Å². The molecule has 0 aliphatic heterocycles. The number of ether oxygens (including phenoxy) is 2. The predicted molar refractivity (Wildman–Crippen MR) is 128 cm³/mol. The lowest BCUT2D eigenvalue weighted by atomic mass is 10.2. The molecule has 0 aromatic heterocycles. The minimum atomic E-state index is -3.83. The van der Waals surface area contributed by atoms with Gasteiger partial charge in [0.15, 0.2) is 0 Å². The number of para-hydroxylation sites is 1. The number of hydrogen-bond donors (Lipinski definition) is 2. The van der Waals surface area contributed by atoms with E-state index in [9.17, 15) is 8.42 Å². The Morgan fingerprint density at radius 3 is 1.94 bits per heavy atom. The smallest absolute Gasteiger partial charge is 0.210 e. The van der Waals surface area contributed by atoms with Gasteiger partial charge in [-0.05, 0) is 72.8 Å². The molecule has 4 aromatic rings. The van der Waals surface area contributed by atoms with Crippen molar-refractivity contribution in [2.45, 2.75) is 9.79 Å². The van der Waals surface area contributed by atoms with Gasteiger partial charge < -0.3 is 20.9 Å². The molecule has 0 saturated heterocycles. The van der Waals surface area contributed by atoms with E-state index < -0.39 is 9.84 Å². The van der Waals surface area contributed by atoms with Crippen molar-refractivity contribution >= 4 is 37.1 Å². The van der Waals surface area contributed by atoms with E-state index in [1.165, 1.54) is 18.2 Å². The molecule has 4 rings (SSSR count). The van der Waals surface area contributed by atoms with Crippen LogP contribution in [0.2, 0.25) is 0 Å². The van der Waals surface area contributed by atoms with Gasteiger partial charge in [-0.15, -0.1) is 0 Å². The molecule has 4 aromatic carbocycles. The van der Waals surface area contributed by atoms with E-state index >= 15 is 0 Å². The number of rotatable bonds is 6. The Morgan fingerprint density at radius 1 is 0.656 bits per heavy atom. The van der Waals surface area contributed by atoms with Crippen LogP contribution in [0.5, 0.6) is 23.0 Å². The zero-order valence-electron chi connectivity index (χ0n) is 16.7. The molecular weight excluding hydrogens is 492 g/mol. The number of sulfone groups is 1. The van der Waals surface area contributed by atoms with E-state index in [4.69, 9.17) is 20.9 Å². The number of hydrogen-bond acceptors (Lipinski definition) is 6. The molecule has 0 radical (unpaired) electrons. The fourth-order valence-corrected chi connectivity index (χ4v) is 4.60. The van der Waals surface area contributed by atoms with Crippen LogP contribution in [0, 0.1) is 0 Å². The number of halogens is 1. The molecule has 0 amide bonds. The third-order valence-electron chi connectivity index (χ3n) is 4.61. The van der Waals surface area contributed by atoms with Gasteiger partial charge in [0.25, 0.3) is 0 Å². The second-order valence-corrected chi connectivity index (χ2v) is 9.70. The number of nitrogen functional groups attached to an aromatic ring is 2. The number of anilines is 2. The van der Waals surface area contributed by atoms with Crippen molar-refractivity contribution in [3.8, 4) is 23.0 Å². The molecule has 0 spiro atoms. The Bertz CT molecular complexity index is 1360. The zero-order valence-corrected chi connectivity index (χ0v) is 19.1. The van der Waals surface area contributed by atoms with Crippen molar-refractivity contribution in [2.75, 3.05) is 11.5 Å². The molecule has 0 fully saturated rings. The Morgan fingerprint density at radius 2 is 1.25 bits per heavy atom. The van der Waals surface area contributed by atoms with E-state index in [0.29, 0.717) is 28.6 Å². The summed E-state index contributed by atoms with van der Waals surface area (Å²) in [6, 6.07) is 24.7. The summed E-state index contributed by atoms with van der Waals surface area (Å²) < 4.78 is 39.1. The minimum absolute atomic E-state index is 0.0721. The molecule has 0 saturated carbocycles. The van der Waals surface area contributed by atoms with Gasteiger partial charge in [0.1, 0.15) is 27.9 Å². The lowest BCUT2D eigenvalue weighted by Crippen LogP contribution is -2.04. The zero-order chi connectivity index (χ0) is 22.7. The molecule has 4 N–H and O–H groups in total. The fraction of sp³-hybridized carbons (Fsp3) is 0. The second kappa shape index (κ2) is 8.94. The maximum absolute atomic E-state index is 13.3. The predicted octanol–water partition coefficient (Wildman–Crippen LogP) is 6.03. The van der Waals surface area contributed by atoms with Crippen LogP contribution < -0.4 is 20.9 Å². The van der Waals surface area contributed by atoms with Gasteiger partial charge in [-0.25, -0.2) is 8.42 Å². The second-order valence-electron chi connectivity index (χ2n) is 6.87. The number of nitrogens with two attached hydrogens (primary N) is 2. The average molecular weight is 511 g/mol. The molecular formula is C24H19BrN2O4S. The maximum atomic E-state index is 13.3. The summed E-state index contributed by atoms with van der Waals surface area (Å²) in [4.78, 5) is 0.191. The summed E-state index contributed by atoms with van der Waals surface area (Å²) >= 11 is 3.37. The third-order valence-corrected chi connectivity index (χ3v) is 6.95. The maximum Gasteiger partial charge on any atom is 0.210 e. The molecule has 0 unspecified atom stereocenters. The van der Waals surface area contributed by atoms with Crippen LogP contribution in [-0.2, 0) is 9.84 Å². The molecule has 0 aliphatic carbocycles. The molecule has 8 heteroatoms. The van der Waals surface area contributed by atoms with Crippen LogP contribution >= 0.6 is 15.9 Å².